The molecule has 4 aromatic rings. The second-order valence-electron chi connectivity index (χ2n) is 8.20. The van der Waals surface area contributed by atoms with E-state index in [0.29, 0.717) is 41.0 Å². The molecule has 34 heavy (non-hydrogen) atoms. The molecule has 0 spiro atoms. The summed E-state index contributed by atoms with van der Waals surface area (Å²) in [4.78, 5) is 17.3. The van der Waals surface area contributed by atoms with Crippen LogP contribution in [0, 0.1) is 0 Å². The van der Waals surface area contributed by atoms with Crippen molar-refractivity contribution in [1.29, 1.82) is 0 Å². The van der Waals surface area contributed by atoms with E-state index in [0.717, 1.165) is 24.8 Å². The van der Waals surface area contributed by atoms with Crippen LogP contribution in [0.2, 0.25) is 0 Å². The molecule has 5 rings (SSSR count). The van der Waals surface area contributed by atoms with Gasteiger partial charge in [0.1, 0.15) is 11.3 Å². The molecule has 2 aromatic heterocycles. The Morgan fingerprint density at radius 3 is 2.62 bits per heavy atom. The van der Waals surface area contributed by atoms with E-state index in [1.54, 1.807) is 51.3 Å². The first-order valence-electron chi connectivity index (χ1n) is 11.0. The van der Waals surface area contributed by atoms with Gasteiger partial charge < -0.3 is 9.30 Å². The molecule has 0 saturated carbocycles. The number of methoxy groups -OCH3 is 1. The predicted octanol–water partition coefficient (Wildman–Crippen LogP) is 2.95. The summed E-state index contributed by atoms with van der Waals surface area (Å²) in [6.45, 7) is 1.07. The molecule has 1 aliphatic rings. The van der Waals surface area contributed by atoms with E-state index < -0.39 is 15.9 Å². The summed E-state index contributed by atoms with van der Waals surface area (Å²) in [7, 11) is -0.245. The second kappa shape index (κ2) is 8.65. The summed E-state index contributed by atoms with van der Waals surface area (Å²) >= 11 is 0. The van der Waals surface area contributed by atoms with Crippen molar-refractivity contribution in [1.82, 2.24) is 24.1 Å². The zero-order valence-corrected chi connectivity index (χ0v) is 19.7. The minimum Gasteiger partial charge on any atom is -0.497 e. The summed E-state index contributed by atoms with van der Waals surface area (Å²) in [6, 6.07) is 11.7. The van der Waals surface area contributed by atoms with Gasteiger partial charge in [0.25, 0.3) is 11.9 Å². The Kier molecular flexibility index (Phi) is 5.66. The molecule has 0 unspecified atom stereocenters. The van der Waals surface area contributed by atoms with E-state index in [9.17, 15) is 13.2 Å². The topological polar surface area (TPSA) is 119 Å². The third kappa shape index (κ3) is 3.86. The lowest BCUT2D eigenvalue weighted by Crippen LogP contribution is -2.35. The quantitative estimate of drug-likeness (QED) is 0.466. The highest BCUT2D eigenvalue weighted by molar-refractivity contribution is 7.89. The van der Waals surface area contributed by atoms with Gasteiger partial charge in [-0.05, 0) is 49.2 Å². The molecule has 11 heteroatoms. The fourth-order valence-corrected chi connectivity index (χ4v) is 5.79. The highest BCUT2D eigenvalue weighted by Gasteiger charge is 2.27. The smallest absolute Gasteiger partial charge is 0.258 e. The van der Waals surface area contributed by atoms with Gasteiger partial charge in [0.2, 0.25) is 10.0 Å². The number of hydrogen-bond acceptors (Lipinski definition) is 7. The molecular weight excluding hydrogens is 456 g/mol. The molecule has 0 radical (unpaired) electrons. The van der Waals surface area contributed by atoms with Gasteiger partial charge >= 0.3 is 0 Å². The van der Waals surface area contributed by atoms with Gasteiger partial charge in [-0.2, -0.15) is 9.29 Å². The van der Waals surface area contributed by atoms with Crippen molar-refractivity contribution in [2.75, 3.05) is 25.5 Å². The summed E-state index contributed by atoms with van der Waals surface area (Å²) in [5.74, 6) is 0.215. The van der Waals surface area contributed by atoms with Crippen LogP contribution in [0.1, 0.15) is 29.6 Å². The maximum Gasteiger partial charge on any atom is 0.258 e. The van der Waals surface area contributed by atoms with Crippen LogP contribution in [-0.4, -0.2) is 58.6 Å². The molecule has 176 valence electrons. The molecule has 1 fully saturated rings. The Balaban J connectivity index is 1.50. The number of aryl methyl sites for hydroxylation is 1. The number of piperidine rings is 1. The van der Waals surface area contributed by atoms with Crippen LogP contribution in [0.3, 0.4) is 0 Å². The van der Waals surface area contributed by atoms with Crippen molar-refractivity contribution in [2.45, 2.75) is 24.2 Å². The largest absolute Gasteiger partial charge is 0.497 e. The SMILES string of the molecule is COc1cccc(C(=O)Nc2nnc3c4cc(S(=O)(=O)N5CCCCC5)ccc4n(C)c3n2)c1. The summed E-state index contributed by atoms with van der Waals surface area (Å²) < 4.78 is 34.8. The van der Waals surface area contributed by atoms with Gasteiger partial charge in [-0.1, -0.05) is 12.5 Å². The number of anilines is 1. The first kappa shape index (κ1) is 22.2. The van der Waals surface area contributed by atoms with Crippen LogP contribution < -0.4 is 10.1 Å². The highest BCUT2D eigenvalue weighted by Crippen LogP contribution is 2.30. The van der Waals surface area contributed by atoms with Crippen molar-refractivity contribution in [3.8, 4) is 5.75 Å². The number of carbonyl (C=O) groups excluding carboxylic acids is 1. The Labute approximate surface area is 196 Å². The fraction of sp³-hybridized carbons (Fsp3) is 0.304. The second-order valence-corrected chi connectivity index (χ2v) is 10.1. The first-order chi connectivity index (χ1) is 16.4. The molecule has 1 saturated heterocycles. The van der Waals surface area contributed by atoms with Crippen molar-refractivity contribution < 1.29 is 17.9 Å². The maximum absolute atomic E-state index is 13.1. The number of amides is 1. The number of fused-ring (bicyclic) bond motifs is 3. The van der Waals surface area contributed by atoms with Gasteiger partial charge in [0, 0.05) is 31.1 Å². The third-order valence-corrected chi connectivity index (χ3v) is 7.98. The third-order valence-electron chi connectivity index (χ3n) is 6.08. The lowest BCUT2D eigenvalue weighted by atomic mass is 10.2. The minimum atomic E-state index is -3.59. The van der Waals surface area contributed by atoms with Crippen molar-refractivity contribution in [3.63, 3.8) is 0 Å². The number of hydrogen-bond donors (Lipinski definition) is 1. The number of benzene rings is 2. The number of rotatable bonds is 5. The molecule has 1 N–H and O–H groups in total. The number of sulfonamides is 1. The van der Waals surface area contributed by atoms with Crippen LogP contribution in [-0.2, 0) is 17.1 Å². The molecule has 3 heterocycles. The Hall–Kier alpha value is -3.57. The number of nitrogens with one attached hydrogen (secondary N) is 1. The highest BCUT2D eigenvalue weighted by atomic mass is 32.2. The average Bonchev–Trinajstić information content (AvgIpc) is 3.15. The van der Waals surface area contributed by atoms with E-state index in [-0.39, 0.29) is 10.8 Å². The van der Waals surface area contributed by atoms with Crippen LogP contribution in [0.5, 0.6) is 5.75 Å². The number of aromatic nitrogens is 4. The molecule has 2 aromatic carbocycles. The number of nitrogens with zero attached hydrogens (tertiary/aromatic N) is 5. The van der Waals surface area contributed by atoms with Crippen molar-refractivity contribution in [3.05, 3.63) is 48.0 Å². The fourth-order valence-electron chi connectivity index (χ4n) is 4.24. The lowest BCUT2D eigenvalue weighted by molar-refractivity contribution is 0.102. The molecule has 1 amide bonds. The van der Waals surface area contributed by atoms with E-state index in [1.807, 2.05) is 7.05 Å². The van der Waals surface area contributed by atoms with Gasteiger partial charge in [-0.25, -0.2) is 8.42 Å². The molecule has 0 atom stereocenters. The molecule has 10 nitrogen and oxygen atoms in total. The molecule has 0 bridgehead atoms. The Morgan fingerprint density at radius 1 is 1.06 bits per heavy atom. The number of carbonyl (C=O) groups is 1. The minimum absolute atomic E-state index is 0.0485. The predicted molar refractivity (Wildman–Crippen MR) is 127 cm³/mol. The van der Waals surface area contributed by atoms with Crippen molar-refractivity contribution >= 4 is 43.9 Å². The van der Waals surface area contributed by atoms with Gasteiger partial charge in [-0.3, -0.25) is 10.1 Å². The summed E-state index contributed by atoms with van der Waals surface area (Å²) in [6.07, 6.45) is 2.79. The van der Waals surface area contributed by atoms with E-state index in [4.69, 9.17) is 4.74 Å². The first-order valence-corrected chi connectivity index (χ1v) is 12.4. The maximum atomic E-state index is 13.1. The molecule has 0 aliphatic carbocycles. The van der Waals surface area contributed by atoms with Gasteiger partial charge in [-0.15, -0.1) is 10.2 Å². The lowest BCUT2D eigenvalue weighted by Gasteiger charge is -2.25. The van der Waals surface area contributed by atoms with Gasteiger partial charge in [0.15, 0.2) is 5.65 Å². The standard InChI is InChI=1S/C23H24N6O4S/c1-28-19-10-9-17(34(31,32)29-11-4-3-5-12-29)14-18(19)20-21(28)24-23(27-26-20)25-22(30)15-7-6-8-16(13-15)33-2/h6-10,13-14H,3-5,11-12H2,1-2H3,(H,24,25,27,30). The Morgan fingerprint density at radius 2 is 1.85 bits per heavy atom. The Bertz CT molecular complexity index is 1510. The summed E-state index contributed by atoms with van der Waals surface area (Å²) in [5, 5.41) is 11.6. The van der Waals surface area contributed by atoms with Crippen molar-refractivity contribution in [2.24, 2.45) is 7.05 Å². The normalized spacial score (nSPS) is 15.0. The van der Waals surface area contributed by atoms with E-state index >= 15 is 0 Å². The van der Waals surface area contributed by atoms with Crippen LogP contribution in [0.4, 0.5) is 5.95 Å². The average molecular weight is 481 g/mol. The summed E-state index contributed by atoms with van der Waals surface area (Å²) in [5.41, 5.74) is 2.12. The van der Waals surface area contributed by atoms with E-state index in [2.05, 4.69) is 20.5 Å². The monoisotopic (exact) mass is 480 g/mol. The zero-order valence-electron chi connectivity index (χ0n) is 18.9. The number of ether oxygens (including phenoxy) is 1. The molecule has 1 aliphatic heterocycles. The van der Waals surface area contributed by atoms with Crippen LogP contribution >= 0.6 is 0 Å². The van der Waals surface area contributed by atoms with Crippen LogP contribution in [0.25, 0.3) is 22.1 Å². The van der Waals surface area contributed by atoms with Crippen LogP contribution in [0.15, 0.2) is 47.4 Å². The van der Waals surface area contributed by atoms with E-state index in [1.165, 1.54) is 7.11 Å². The zero-order chi connectivity index (χ0) is 23.9. The molecular formula is C23H24N6O4S. The van der Waals surface area contributed by atoms with Gasteiger partial charge in [0.05, 0.1) is 17.5 Å².